The van der Waals surface area contributed by atoms with Crippen LogP contribution in [0.15, 0.2) is 0 Å². The molecule has 0 bridgehead atoms. The smallest absolute Gasteiger partial charge is 0.245 e. The molecule has 1 amide bonds. The summed E-state index contributed by atoms with van der Waals surface area (Å²) in [5.41, 5.74) is 0. The SMILES string of the molecule is COCCOCCOCCOCCOCC(=O)NCCCCCC(C)C.[HH]. The van der Waals surface area contributed by atoms with Gasteiger partial charge < -0.3 is 29.0 Å². The molecule has 0 heterocycles. The lowest BCUT2D eigenvalue weighted by Gasteiger charge is -2.08. The molecule has 0 aliphatic heterocycles. The van der Waals surface area contributed by atoms with Crippen molar-refractivity contribution in [1.29, 1.82) is 0 Å². The Bertz CT molecular complexity index is 308. The van der Waals surface area contributed by atoms with Gasteiger partial charge in [-0.05, 0) is 12.3 Å². The molecule has 0 aromatic heterocycles. The number of hydrogen-bond acceptors (Lipinski definition) is 6. The number of unbranched alkanes of at least 4 members (excludes halogenated alkanes) is 2. The summed E-state index contributed by atoms with van der Waals surface area (Å²) in [7, 11) is 1.64. The fraction of sp³-hybridized carbons (Fsp3) is 0.947. The van der Waals surface area contributed by atoms with Crippen LogP contribution in [0.25, 0.3) is 0 Å². The standard InChI is InChI=1S/C19H39NO6.H2/c1-18(2)7-5-4-6-8-20-19(21)17-26-16-15-25-14-13-24-12-11-23-10-9-22-3;/h18H,4-17H2,1-3H3,(H,20,21);1H. The van der Waals surface area contributed by atoms with Gasteiger partial charge in [-0.2, -0.15) is 0 Å². The van der Waals surface area contributed by atoms with E-state index in [1.807, 2.05) is 0 Å². The van der Waals surface area contributed by atoms with Gasteiger partial charge in [0.05, 0.1) is 52.9 Å². The summed E-state index contributed by atoms with van der Waals surface area (Å²) in [6.07, 6.45) is 4.67. The van der Waals surface area contributed by atoms with E-state index in [0.29, 0.717) is 52.9 Å². The zero-order chi connectivity index (χ0) is 19.3. The summed E-state index contributed by atoms with van der Waals surface area (Å²) in [5, 5.41) is 2.87. The Morgan fingerprint density at radius 2 is 1.35 bits per heavy atom. The normalized spacial score (nSPS) is 11.2. The van der Waals surface area contributed by atoms with E-state index in [4.69, 9.17) is 23.7 Å². The number of methoxy groups -OCH3 is 1. The number of ether oxygens (including phenoxy) is 5. The van der Waals surface area contributed by atoms with Crippen LogP contribution in [0.5, 0.6) is 0 Å². The zero-order valence-corrected chi connectivity index (χ0v) is 16.9. The monoisotopic (exact) mass is 379 g/mol. The van der Waals surface area contributed by atoms with E-state index in [9.17, 15) is 4.79 Å². The van der Waals surface area contributed by atoms with Crippen LogP contribution < -0.4 is 5.32 Å². The molecule has 0 aromatic carbocycles. The molecule has 0 radical (unpaired) electrons. The molecule has 0 aromatic rings. The highest BCUT2D eigenvalue weighted by Crippen LogP contribution is 2.07. The van der Waals surface area contributed by atoms with Gasteiger partial charge >= 0.3 is 0 Å². The molecule has 158 valence electrons. The summed E-state index contributed by atoms with van der Waals surface area (Å²) in [5.74, 6) is 0.692. The van der Waals surface area contributed by atoms with Crippen LogP contribution in [0, 0.1) is 5.92 Å². The van der Waals surface area contributed by atoms with E-state index >= 15 is 0 Å². The molecule has 1 N–H and O–H groups in total. The van der Waals surface area contributed by atoms with Crippen LogP contribution in [0.4, 0.5) is 0 Å². The summed E-state index contributed by atoms with van der Waals surface area (Å²) in [6, 6.07) is 0. The van der Waals surface area contributed by atoms with Crippen molar-refractivity contribution in [1.82, 2.24) is 5.32 Å². The lowest BCUT2D eigenvalue weighted by molar-refractivity contribution is -0.126. The molecular weight excluding hydrogens is 338 g/mol. The van der Waals surface area contributed by atoms with Gasteiger partial charge in [0.2, 0.25) is 5.91 Å². The number of hydrogen-bond donors (Lipinski definition) is 1. The van der Waals surface area contributed by atoms with Gasteiger partial charge in [-0.1, -0.05) is 33.1 Å². The Labute approximate surface area is 160 Å². The summed E-state index contributed by atoms with van der Waals surface area (Å²) in [4.78, 5) is 11.6. The first-order valence-corrected chi connectivity index (χ1v) is 9.73. The molecule has 0 fully saturated rings. The van der Waals surface area contributed by atoms with E-state index < -0.39 is 0 Å². The van der Waals surface area contributed by atoms with Crippen LogP contribution in [-0.2, 0) is 28.5 Å². The molecule has 0 saturated heterocycles. The molecule has 0 rings (SSSR count). The van der Waals surface area contributed by atoms with Crippen LogP contribution in [-0.4, -0.2) is 79.0 Å². The van der Waals surface area contributed by atoms with Crippen LogP contribution in [0.1, 0.15) is 41.0 Å². The Morgan fingerprint density at radius 1 is 0.808 bits per heavy atom. The Kier molecular flexibility index (Phi) is 20.0. The average molecular weight is 380 g/mol. The first-order valence-electron chi connectivity index (χ1n) is 9.73. The lowest BCUT2D eigenvalue weighted by Crippen LogP contribution is -2.29. The molecular formula is C19H41NO6. The molecule has 7 heteroatoms. The van der Waals surface area contributed by atoms with E-state index in [1.54, 1.807) is 7.11 Å². The molecule has 0 aliphatic carbocycles. The van der Waals surface area contributed by atoms with Crippen molar-refractivity contribution in [3.8, 4) is 0 Å². The van der Waals surface area contributed by atoms with Crippen molar-refractivity contribution in [2.75, 3.05) is 73.1 Å². The summed E-state index contributed by atoms with van der Waals surface area (Å²) >= 11 is 0. The van der Waals surface area contributed by atoms with Crippen LogP contribution in [0.2, 0.25) is 0 Å². The Hall–Kier alpha value is -0.730. The molecule has 0 saturated carbocycles. The van der Waals surface area contributed by atoms with E-state index in [2.05, 4.69) is 19.2 Å². The first-order chi connectivity index (χ1) is 12.7. The highest BCUT2D eigenvalue weighted by molar-refractivity contribution is 5.77. The maximum Gasteiger partial charge on any atom is 0.245 e. The second-order valence-corrected chi connectivity index (χ2v) is 6.48. The van der Waals surface area contributed by atoms with Gasteiger partial charge in [0.1, 0.15) is 6.61 Å². The molecule has 0 unspecified atom stereocenters. The number of carbonyl (C=O) groups excluding carboxylic acids is 1. The van der Waals surface area contributed by atoms with Crippen molar-refractivity contribution in [2.24, 2.45) is 5.92 Å². The summed E-state index contributed by atoms with van der Waals surface area (Å²) < 4.78 is 26.1. The maximum atomic E-state index is 11.6. The largest absolute Gasteiger partial charge is 0.382 e. The Balaban J connectivity index is 0. The van der Waals surface area contributed by atoms with Crippen molar-refractivity contribution < 1.29 is 29.9 Å². The second kappa shape index (κ2) is 20.6. The lowest BCUT2D eigenvalue weighted by atomic mass is 10.1. The van der Waals surface area contributed by atoms with Crippen molar-refractivity contribution in [2.45, 2.75) is 39.5 Å². The van der Waals surface area contributed by atoms with Gasteiger partial charge in [0.25, 0.3) is 0 Å². The van der Waals surface area contributed by atoms with Crippen molar-refractivity contribution in [3.05, 3.63) is 0 Å². The third-order valence-electron chi connectivity index (χ3n) is 3.56. The highest BCUT2D eigenvalue weighted by Gasteiger charge is 2.01. The van der Waals surface area contributed by atoms with Crippen LogP contribution in [0.3, 0.4) is 0 Å². The fourth-order valence-electron chi connectivity index (χ4n) is 2.10. The minimum absolute atomic E-state index is 0. The number of carbonyl (C=O) groups is 1. The molecule has 0 atom stereocenters. The van der Waals surface area contributed by atoms with Gasteiger partial charge in [0.15, 0.2) is 0 Å². The fourth-order valence-corrected chi connectivity index (χ4v) is 2.10. The third kappa shape index (κ3) is 21.3. The molecule has 26 heavy (non-hydrogen) atoms. The predicted molar refractivity (Wildman–Crippen MR) is 104 cm³/mol. The molecule has 0 aliphatic rings. The van der Waals surface area contributed by atoms with Crippen LogP contribution >= 0.6 is 0 Å². The van der Waals surface area contributed by atoms with E-state index in [0.717, 1.165) is 25.3 Å². The quantitative estimate of drug-likeness (QED) is 0.327. The summed E-state index contributed by atoms with van der Waals surface area (Å²) in [6.45, 7) is 9.44. The topological polar surface area (TPSA) is 75.2 Å². The highest BCUT2D eigenvalue weighted by atomic mass is 16.6. The average Bonchev–Trinajstić information content (AvgIpc) is 2.61. The Morgan fingerprint density at radius 3 is 1.88 bits per heavy atom. The second-order valence-electron chi connectivity index (χ2n) is 6.48. The zero-order valence-electron chi connectivity index (χ0n) is 16.9. The number of rotatable bonds is 20. The number of nitrogens with one attached hydrogen (secondary N) is 1. The minimum atomic E-state index is -0.0642. The predicted octanol–water partition coefficient (Wildman–Crippen LogP) is 2.28. The van der Waals surface area contributed by atoms with Crippen molar-refractivity contribution in [3.63, 3.8) is 0 Å². The molecule has 0 spiro atoms. The number of amides is 1. The van der Waals surface area contributed by atoms with Gasteiger partial charge in [0, 0.05) is 15.1 Å². The van der Waals surface area contributed by atoms with Gasteiger partial charge in [-0.25, -0.2) is 0 Å². The first kappa shape index (κ1) is 25.3. The minimum Gasteiger partial charge on any atom is -0.382 e. The maximum absolute atomic E-state index is 11.6. The van der Waals surface area contributed by atoms with Gasteiger partial charge in [-0.3, -0.25) is 4.79 Å². The van der Waals surface area contributed by atoms with E-state index in [1.165, 1.54) is 12.8 Å². The van der Waals surface area contributed by atoms with Gasteiger partial charge in [-0.15, -0.1) is 0 Å². The molecule has 7 nitrogen and oxygen atoms in total. The van der Waals surface area contributed by atoms with Crippen molar-refractivity contribution >= 4 is 5.91 Å². The van der Waals surface area contributed by atoms with E-state index in [-0.39, 0.29) is 13.9 Å². The third-order valence-corrected chi connectivity index (χ3v) is 3.56.